The monoisotopic (exact) mass is 288 g/mol. The van der Waals surface area contributed by atoms with E-state index in [-0.39, 0.29) is 24.3 Å². The molecule has 1 aromatic carbocycles. The average molecular weight is 288 g/mol. The van der Waals surface area contributed by atoms with Crippen molar-refractivity contribution >= 4 is 23.4 Å². The van der Waals surface area contributed by atoms with Crippen molar-refractivity contribution in [1.82, 2.24) is 10.2 Å². The third kappa shape index (κ3) is 1.94. The summed E-state index contributed by atoms with van der Waals surface area (Å²) in [5.41, 5.74) is 1.51. The number of fused-ring (bicyclic) bond motifs is 1. The Hall–Kier alpha value is -2.50. The summed E-state index contributed by atoms with van der Waals surface area (Å²) in [6, 6.07) is 1.94. The Labute approximate surface area is 120 Å². The quantitative estimate of drug-likeness (QED) is 0.794. The van der Waals surface area contributed by atoms with Gasteiger partial charge in [0.1, 0.15) is 11.9 Å². The van der Waals surface area contributed by atoms with Crippen molar-refractivity contribution in [3.8, 4) is 0 Å². The molecule has 1 atom stereocenters. The van der Waals surface area contributed by atoms with E-state index in [0.717, 1.165) is 0 Å². The Kier molecular flexibility index (Phi) is 2.90. The second-order valence-electron chi connectivity index (χ2n) is 5.24. The van der Waals surface area contributed by atoms with Crippen molar-refractivity contribution in [2.75, 3.05) is 0 Å². The second kappa shape index (κ2) is 4.51. The lowest BCUT2D eigenvalue weighted by atomic mass is 10.0. The van der Waals surface area contributed by atoms with E-state index in [1.165, 1.54) is 11.0 Å². The lowest BCUT2D eigenvalue weighted by Crippen LogP contribution is -2.52. The SMILES string of the molecule is C=C1c2cc(C)c(F)cc2C(=O)N1C1CCC(=O)NC1=O. The molecule has 2 aliphatic heterocycles. The first kappa shape index (κ1) is 13.5. The van der Waals surface area contributed by atoms with Crippen LogP contribution in [0.1, 0.15) is 34.3 Å². The summed E-state index contributed by atoms with van der Waals surface area (Å²) in [6.45, 7) is 5.44. The van der Waals surface area contributed by atoms with Crippen molar-refractivity contribution in [3.05, 3.63) is 41.2 Å². The smallest absolute Gasteiger partial charge is 0.259 e. The molecule has 1 N–H and O–H groups in total. The van der Waals surface area contributed by atoms with Gasteiger partial charge in [-0.1, -0.05) is 6.58 Å². The summed E-state index contributed by atoms with van der Waals surface area (Å²) in [6.07, 6.45) is 0.405. The maximum Gasteiger partial charge on any atom is 0.259 e. The van der Waals surface area contributed by atoms with E-state index in [1.807, 2.05) is 0 Å². The minimum absolute atomic E-state index is 0.164. The number of amides is 3. The molecule has 0 bridgehead atoms. The van der Waals surface area contributed by atoms with E-state index in [0.29, 0.717) is 16.8 Å². The maximum absolute atomic E-state index is 13.6. The van der Waals surface area contributed by atoms with Crippen LogP contribution >= 0.6 is 0 Å². The number of hydrogen-bond donors (Lipinski definition) is 1. The number of nitrogens with zero attached hydrogens (tertiary/aromatic N) is 1. The molecule has 2 aliphatic rings. The van der Waals surface area contributed by atoms with Gasteiger partial charge >= 0.3 is 0 Å². The molecule has 1 saturated heterocycles. The second-order valence-corrected chi connectivity index (χ2v) is 5.24. The number of aryl methyl sites for hydroxylation is 1. The fourth-order valence-electron chi connectivity index (χ4n) is 2.74. The molecule has 21 heavy (non-hydrogen) atoms. The molecule has 3 rings (SSSR count). The maximum atomic E-state index is 13.6. The first-order valence-electron chi connectivity index (χ1n) is 6.57. The largest absolute Gasteiger partial charge is 0.296 e. The Bertz CT molecular complexity index is 670. The Balaban J connectivity index is 2.00. The van der Waals surface area contributed by atoms with Crippen molar-refractivity contribution in [2.45, 2.75) is 25.8 Å². The van der Waals surface area contributed by atoms with Crippen LogP contribution < -0.4 is 5.32 Å². The number of piperidine rings is 1. The van der Waals surface area contributed by atoms with Crippen LogP contribution in [-0.2, 0) is 9.59 Å². The molecule has 2 heterocycles. The molecule has 1 aromatic rings. The predicted octanol–water partition coefficient (Wildman–Crippen LogP) is 1.37. The zero-order chi connectivity index (χ0) is 15.3. The lowest BCUT2D eigenvalue weighted by Gasteiger charge is -2.30. The van der Waals surface area contributed by atoms with Crippen LogP contribution in [0.5, 0.6) is 0 Å². The fraction of sp³-hybridized carbons (Fsp3) is 0.267. The first-order chi connectivity index (χ1) is 9.90. The van der Waals surface area contributed by atoms with Crippen molar-refractivity contribution in [2.24, 2.45) is 0 Å². The molecule has 3 amide bonds. The minimum Gasteiger partial charge on any atom is -0.296 e. The van der Waals surface area contributed by atoms with Crippen LogP contribution in [-0.4, -0.2) is 28.7 Å². The molecule has 0 saturated carbocycles. The number of nitrogens with one attached hydrogen (secondary N) is 1. The Morgan fingerprint density at radius 3 is 2.67 bits per heavy atom. The van der Waals surface area contributed by atoms with E-state index in [1.54, 1.807) is 13.0 Å². The number of carbonyl (C=O) groups is 3. The highest BCUT2D eigenvalue weighted by atomic mass is 19.1. The number of rotatable bonds is 1. The average Bonchev–Trinajstić information content (AvgIpc) is 2.64. The first-order valence-corrected chi connectivity index (χ1v) is 6.57. The lowest BCUT2D eigenvalue weighted by molar-refractivity contribution is -0.136. The zero-order valence-corrected chi connectivity index (χ0v) is 11.4. The normalized spacial score (nSPS) is 21.6. The summed E-state index contributed by atoms with van der Waals surface area (Å²) < 4.78 is 13.6. The van der Waals surface area contributed by atoms with E-state index >= 15 is 0 Å². The summed E-state index contributed by atoms with van der Waals surface area (Å²) in [4.78, 5) is 36.8. The van der Waals surface area contributed by atoms with Gasteiger partial charge in [-0.05, 0) is 31.0 Å². The van der Waals surface area contributed by atoms with Gasteiger partial charge in [-0.3, -0.25) is 24.6 Å². The molecule has 0 aliphatic carbocycles. The molecule has 1 unspecified atom stereocenters. The van der Waals surface area contributed by atoms with Gasteiger partial charge in [-0.25, -0.2) is 4.39 Å². The highest BCUT2D eigenvalue weighted by Gasteiger charge is 2.41. The van der Waals surface area contributed by atoms with Crippen LogP contribution in [0.3, 0.4) is 0 Å². The van der Waals surface area contributed by atoms with Gasteiger partial charge in [0.25, 0.3) is 5.91 Å². The molecule has 1 fully saturated rings. The van der Waals surface area contributed by atoms with Gasteiger partial charge in [-0.15, -0.1) is 0 Å². The van der Waals surface area contributed by atoms with Gasteiger partial charge in [-0.2, -0.15) is 0 Å². The zero-order valence-electron chi connectivity index (χ0n) is 11.4. The molecular formula is C15H13FN2O3. The Morgan fingerprint density at radius 1 is 1.29 bits per heavy atom. The number of halogens is 1. The third-order valence-electron chi connectivity index (χ3n) is 3.87. The van der Waals surface area contributed by atoms with E-state index in [9.17, 15) is 18.8 Å². The molecule has 108 valence electrons. The molecule has 5 nitrogen and oxygen atoms in total. The number of imide groups is 1. The molecule has 6 heteroatoms. The van der Waals surface area contributed by atoms with Gasteiger partial charge < -0.3 is 0 Å². The van der Waals surface area contributed by atoms with E-state index in [2.05, 4.69) is 11.9 Å². The molecular weight excluding hydrogens is 275 g/mol. The highest BCUT2D eigenvalue weighted by Crippen LogP contribution is 2.36. The molecule has 0 spiro atoms. The summed E-state index contributed by atoms with van der Waals surface area (Å²) >= 11 is 0. The Morgan fingerprint density at radius 2 is 2.00 bits per heavy atom. The van der Waals surface area contributed by atoms with Crippen LogP contribution in [0.2, 0.25) is 0 Å². The standard InChI is InChI=1S/C15H13FN2O3/c1-7-5-9-8(2)18(15(21)10(9)6-11(7)16)12-3-4-13(19)17-14(12)20/h5-6,12H,2-4H2,1H3,(H,17,19,20). The summed E-state index contributed by atoms with van der Waals surface area (Å²) in [5.74, 6) is -1.80. The summed E-state index contributed by atoms with van der Waals surface area (Å²) in [5, 5.41) is 2.21. The van der Waals surface area contributed by atoms with Crippen molar-refractivity contribution in [1.29, 1.82) is 0 Å². The van der Waals surface area contributed by atoms with Crippen LogP contribution in [0.25, 0.3) is 5.70 Å². The van der Waals surface area contributed by atoms with E-state index in [4.69, 9.17) is 0 Å². The van der Waals surface area contributed by atoms with Crippen molar-refractivity contribution in [3.63, 3.8) is 0 Å². The predicted molar refractivity (Wildman–Crippen MR) is 72.5 cm³/mol. The third-order valence-corrected chi connectivity index (χ3v) is 3.87. The van der Waals surface area contributed by atoms with Gasteiger partial charge in [0.05, 0.1) is 5.56 Å². The topological polar surface area (TPSA) is 66.5 Å². The molecule has 0 aromatic heterocycles. The number of hydrogen-bond acceptors (Lipinski definition) is 3. The summed E-state index contributed by atoms with van der Waals surface area (Å²) in [7, 11) is 0. The van der Waals surface area contributed by atoms with Crippen molar-refractivity contribution < 1.29 is 18.8 Å². The van der Waals surface area contributed by atoms with Gasteiger partial charge in [0, 0.05) is 17.7 Å². The van der Waals surface area contributed by atoms with Gasteiger partial charge in [0.2, 0.25) is 11.8 Å². The highest BCUT2D eigenvalue weighted by molar-refractivity contribution is 6.12. The minimum atomic E-state index is -0.779. The fourth-order valence-corrected chi connectivity index (χ4v) is 2.74. The van der Waals surface area contributed by atoms with E-state index < -0.39 is 23.7 Å². The van der Waals surface area contributed by atoms with Crippen LogP contribution in [0.4, 0.5) is 4.39 Å². The number of benzene rings is 1. The van der Waals surface area contributed by atoms with Crippen LogP contribution in [0.15, 0.2) is 18.7 Å². The molecule has 0 radical (unpaired) electrons. The van der Waals surface area contributed by atoms with Crippen LogP contribution in [0, 0.1) is 12.7 Å². The van der Waals surface area contributed by atoms with Gasteiger partial charge in [0.15, 0.2) is 0 Å². The number of carbonyl (C=O) groups excluding carboxylic acids is 3.